The number of nitrogens with zero attached hydrogens (tertiary/aromatic N) is 3. The van der Waals surface area contributed by atoms with Crippen molar-refractivity contribution in [1.29, 1.82) is 0 Å². The average Bonchev–Trinajstić information content (AvgIpc) is 3.39. The van der Waals surface area contributed by atoms with Crippen molar-refractivity contribution < 1.29 is 9.21 Å². The SMILES string of the molecule is Cc1occc1-c1nnc(SCC(=O)Nc2ccc(C(C)C)cc2)n1Cc1ccccc1. The van der Waals surface area contributed by atoms with Crippen molar-refractivity contribution in [2.24, 2.45) is 0 Å². The van der Waals surface area contributed by atoms with Crippen LogP contribution >= 0.6 is 11.8 Å². The van der Waals surface area contributed by atoms with E-state index in [4.69, 9.17) is 4.42 Å². The minimum atomic E-state index is -0.0809. The van der Waals surface area contributed by atoms with Gasteiger partial charge in [0.15, 0.2) is 11.0 Å². The van der Waals surface area contributed by atoms with Crippen LogP contribution in [0.5, 0.6) is 0 Å². The maximum absolute atomic E-state index is 12.6. The number of rotatable bonds is 8. The van der Waals surface area contributed by atoms with Gasteiger partial charge in [0.05, 0.1) is 24.1 Å². The molecule has 32 heavy (non-hydrogen) atoms. The standard InChI is InChI=1S/C25H26N4O2S/c1-17(2)20-9-11-21(12-10-20)26-23(30)16-32-25-28-27-24(22-13-14-31-18(22)3)29(25)15-19-7-5-4-6-8-19/h4-14,17H,15-16H2,1-3H3,(H,26,30). The number of carbonyl (C=O) groups is 1. The maximum Gasteiger partial charge on any atom is 0.234 e. The molecule has 2 aromatic heterocycles. The highest BCUT2D eigenvalue weighted by atomic mass is 32.2. The Hall–Kier alpha value is -3.32. The van der Waals surface area contributed by atoms with Gasteiger partial charge in [-0.15, -0.1) is 10.2 Å². The zero-order chi connectivity index (χ0) is 22.5. The summed E-state index contributed by atoms with van der Waals surface area (Å²) in [5.74, 6) is 2.13. The minimum absolute atomic E-state index is 0.0809. The van der Waals surface area contributed by atoms with Gasteiger partial charge in [-0.2, -0.15) is 0 Å². The normalized spacial score (nSPS) is 11.1. The first-order valence-electron chi connectivity index (χ1n) is 10.6. The van der Waals surface area contributed by atoms with E-state index in [0.29, 0.717) is 17.6 Å². The molecular formula is C25H26N4O2S. The van der Waals surface area contributed by atoms with E-state index in [0.717, 1.165) is 28.4 Å². The summed E-state index contributed by atoms with van der Waals surface area (Å²) in [5, 5.41) is 12.4. The summed E-state index contributed by atoms with van der Waals surface area (Å²) in [4.78, 5) is 12.6. The van der Waals surface area contributed by atoms with Gasteiger partial charge in [-0.1, -0.05) is 68.1 Å². The van der Waals surface area contributed by atoms with E-state index in [-0.39, 0.29) is 11.7 Å². The number of furan rings is 1. The topological polar surface area (TPSA) is 72.9 Å². The molecule has 1 N–H and O–H groups in total. The number of aryl methyl sites for hydroxylation is 1. The first-order valence-corrected chi connectivity index (χ1v) is 11.5. The summed E-state index contributed by atoms with van der Waals surface area (Å²) in [7, 11) is 0. The molecule has 0 radical (unpaired) electrons. The van der Waals surface area contributed by atoms with E-state index >= 15 is 0 Å². The highest BCUT2D eigenvalue weighted by molar-refractivity contribution is 7.99. The van der Waals surface area contributed by atoms with Gasteiger partial charge in [-0.25, -0.2) is 0 Å². The third-order valence-electron chi connectivity index (χ3n) is 5.19. The number of amides is 1. The van der Waals surface area contributed by atoms with Crippen LogP contribution in [-0.4, -0.2) is 26.4 Å². The molecule has 6 nitrogen and oxygen atoms in total. The molecule has 2 aromatic carbocycles. The lowest BCUT2D eigenvalue weighted by atomic mass is 10.0. The molecule has 0 saturated heterocycles. The van der Waals surface area contributed by atoms with Gasteiger partial charge in [-0.3, -0.25) is 9.36 Å². The van der Waals surface area contributed by atoms with E-state index in [2.05, 4.69) is 41.5 Å². The van der Waals surface area contributed by atoms with Crippen molar-refractivity contribution in [2.45, 2.75) is 38.4 Å². The third kappa shape index (κ3) is 5.11. The molecule has 0 saturated carbocycles. The quantitative estimate of drug-likeness (QED) is 0.349. The zero-order valence-electron chi connectivity index (χ0n) is 18.4. The number of benzene rings is 2. The number of carbonyl (C=O) groups excluding carboxylic acids is 1. The molecule has 0 aliphatic carbocycles. The summed E-state index contributed by atoms with van der Waals surface area (Å²) in [5.41, 5.74) is 4.06. The molecule has 0 aliphatic rings. The summed E-state index contributed by atoms with van der Waals surface area (Å²) < 4.78 is 7.50. The molecule has 4 aromatic rings. The molecule has 0 fully saturated rings. The summed E-state index contributed by atoms with van der Waals surface area (Å²) in [6.07, 6.45) is 1.65. The van der Waals surface area contributed by atoms with Gasteiger partial charge in [0.25, 0.3) is 0 Å². The van der Waals surface area contributed by atoms with E-state index in [9.17, 15) is 4.79 Å². The molecule has 0 spiro atoms. The van der Waals surface area contributed by atoms with Crippen LogP contribution in [0.3, 0.4) is 0 Å². The summed E-state index contributed by atoms with van der Waals surface area (Å²) in [6.45, 7) is 6.81. The molecule has 4 rings (SSSR count). The fourth-order valence-electron chi connectivity index (χ4n) is 3.40. The Labute approximate surface area is 192 Å². The van der Waals surface area contributed by atoms with Crippen LogP contribution < -0.4 is 5.32 Å². The molecular weight excluding hydrogens is 420 g/mol. The van der Waals surface area contributed by atoms with Gasteiger partial charge < -0.3 is 9.73 Å². The fraction of sp³-hybridized carbons (Fsp3) is 0.240. The Morgan fingerprint density at radius 3 is 2.47 bits per heavy atom. The third-order valence-corrected chi connectivity index (χ3v) is 6.16. The van der Waals surface area contributed by atoms with Crippen LogP contribution in [-0.2, 0) is 11.3 Å². The number of thioether (sulfide) groups is 1. The average molecular weight is 447 g/mol. The van der Waals surface area contributed by atoms with Crippen molar-refractivity contribution in [3.63, 3.8) is 0 Å². The lowest BCUT2D eigenvalue weighted by molar-refractivity contribution is -0.113. The van der Waals surface area contributed by atoms with Gasteiger partial charge >= 0.3 is 0 Å². The van der Waals surface area contributed by atoms with Crippen molar-refractivity contribution in [3.8, 4) is 11.4 Å². The first kappa shape index (κ1) is 21.9. The predicted octanol–water partition coefficient (Wildman–Crippen LogP) is 5.75. The second-order valence-electron chi connectivity index (χ2n) is 7.88. The summed E-state index contributed by atoms with van der Waals surface area (Å²) in [6, 6.07) is 20.0. The van der Waals surface area contributed by atoms with Crippen LogP contribution in [0.2, 0.25) is 0 Å². The molecule has 0 aliphatic heterocycles. The van der Waals surface area contributed by atoms with Crippen LogP contribution in [0, 0.1) is 6.92 Å². The number of hydrogen-bond acceptors (Lipinski definition) is 5. The van der Waals surface area contributed by atoms with Crippen LogP contribution in [0.1, 0.15) is 36.7 Å². The van der Waals surface area contributed by atoms with Crippen molar-refractivity contribution >= 4 is 23.4 Å². The molecule has 2 heterocycles. The lowest BCUT2D eigenvalue weighted by Gasteiger charge is -2.11. The Balaban J connectivity index is 1.49. The highest BCUT2D eigenvalue weighted by Gasteiger charge is 2.18. The predicted molar refractivity (Wildman–Crippen MR) is 128 cm³/mol. The van der Waals surface area contributed by atoms with Gasteiger partial charge in [0.1, 0.15) is 5.76 Å². The second kappa shape index (κ2) is 9.87. The molecule has 7 heteroatoms. The van der Waals surface area contributed by atoms with E-state index in [1.165, 1.54) is 17.3 Å². The minimum Gasteiger partial charge on any atom is -0.469 e. The van der Waals surface area contributed by atoms with Crippen molar-refractivity contribution in [2.75, 3.05) is 11.1 Å². The zero-order valence-corrected chi connectivity index (χ0v) is 19.2. The summed E-state index contributed by atoms with van der Waals surface area (Å²) >= 11 is 1.37. The molecule has 0 atom stereocenters. The second-order valence-corrected chi connectivity index (χ2v) is 8.82. The van der Waals surface area contributed by atoms with Crippen LogP contribution in [0.25, 0.3) is 11.4 Å². The van der Waals surface area contributed by atoms with Crippen molar-refractivity contribution in [3.05, 3.63) is 83.8 Å². The largest absolute Gasteiger partial charge is 0.469 e. The van der Waals surface area contributed by atoms with Crippen LogP contribution in [0.15, 0.2) is 76.5 Å². The number of anilines is 1. The van der Waals surface area contributed by atoms with E-state index in [1.54, 1.807) is 6.26 Å². The smallest absolute Gasteiger partial charge is 0.234 e. The Morgan fingerprint density at radius 1 is 1.06 bits per heavy atom. The first-order chi connectivity index (χ1) is 15.5. The lowest BCUT2D eigenvalue weighted by Crippen LogP contribution is -2.15. The number of hydrogen-bond donors (Lipinski definition) is 1. The molecule has 0 unspecified atom stereocenters. The molecule has 164 valence electrons. The van der Waals surface area contributed by atoms with Gasteiger partial charge in [0, 0.05) is 5.69 Å². The number of nitrogens with one attached hydrogen (secondary N) is 1. The van der Waals surface area contributed by atoms with Crippen molar-refractivity contribution in [1.82, 2.24) is 14.8 Å². The van der Waals surface area contributed by atoms with E-state index in [1.807, 2.05) is 60.0 Å². The molecule has 0 bridgehead atoms. The fourth-order valence-corrected chi connectivity index (χ4v) is 4.14. The Bertz CT molecular complexity index is 1180. The van der Waals surface area contributed by atoms with E-state index < -0.39 is 0 Å². The monoisotopic (exact) mass is 446 g/mol. The van der Waals surface area contributed by atoms with Crippen LogP contribution in [0.4, 0.5) is 5.69 Å². The van der Waals surface area contributed by atoms with Gasteiger partial charge in [-0.05, 0) is 42.2 Å². The maximum atomic E-state index is 12.6. The Kier molecular flexibility index (Phi) is 6.75. The number of aromatic nitrogens is 3. The molecule has 1 amide bonds. The van der Waals surface area contributed by atoms with Gasteiger partial charge in [0.2, 0.25) is 5.91 Å². The Morgan fingerprint density at radius 2 is 1.81 bits per heavy atom. The highest BCUT2D eigenvalue weighted by Crippen LogP contribution is 2.28.